The minimum Gasteiger partial charge on any atom is -0.491 e. The van der Waals surface area contributed by atoms with Crippen molar-refractivity contribution in [3.63, 3.8) is 0 Å². The molecule has 0 fully saturated rings. The topological polar surface area (TPSA) is 38.7 Å². The second-order valence-corrected chi connectivity index (χ2v) is 6.99. The van der Waals surface area contributed by atoms with Gasteiger partial charge >= 0.3 is 0 Å². The Hall–Kier alpha value is -2.33. The zero-order valence-corrected chi connectivity index (χ0v) is 18.6. The summed E-state index contributed by atoms with van der Waals surface area (Å²) in [5.41, 5.74) is 5.86. The van der Waals surface area contributed by atoms with E-state index in [1.807, 2.05) is 25.1 Å². The second-order valence-electron chi connectivity index (χ2n) is 6.61. The lowest BCUT2D eigenvalue weighted by Crippen LogP contribution is -2.09. The Labute approximate surface area is 185 Å². The van der Waals surface area contributed by atoms with Crippen LogP contribution in [0.4, 0.5) is 0 Å². The highest BCUT2D eigenvalue weighted by molar-refractivity contribution is 6.18. The molecular formula is C26H31ClO3. The lowest BCUT2D eigenvalue weighted by atomic mass is 9.87. The summed E-state index contributed by atoms with van der Waals surface area (Å²) in [6.07, 6.45) is 7.10. The molecule has 0 radical (unpaired) electrons. The van der Waals surface area contributed by atoms with Gasteiger partial charge in [-0.25, -0.2) is 0 Å². The molecule has 0 aliphatic carbocycles. The third kappa shape index (κ3) is 7.17. The quantitative estimate of drug-likeness (QED) is 0.192. The van der Waals surface area contributed by atoms with Crippen LogP contribution in [0.5, 0.6) is 5.75 Å². The fourth-order valence-electron chi connectivity index (χ4n) is 3.27. The molecule has 2 rings (SSSR count). The van der Waals surface area contributed by atoms with E-state index in [-0.39, 0.29) is 6.61 Å². The summed E-state index contributed by atoms with van der Waals surface area (Å²) < 4.78 is 11.0. The van der Waals surface area contributed by atoms with Gasteiger partial charge in [0.25, 0.3) is 0 Å². The Balaban J connectivity index is 2.40. The van der Waals surface area contributed by atoms with Crippen molar-refractivity contribution in [3.8, 4) is 5.75 Å². The molecule has 0 saturated heterocycles. The number of hydrogen-bond acceptors (Lipinski definition) is 3. The molecule has 0 unspecified atom stereocenters. The Bertz CT molecular complexity index is 836. The first-order valence-corrected chi connectivity index (χ1v) is 10.8. The molecule has 160 valence electrons. The molecule has 0 atom stereocenters. The van der Waals surface area contributed by atoms with E-state index in [4.69, 9.17) is 26.2 Å². The van der Waals surface area contributed by atoms with Crippen LogP contribution in [0.15, 0.2) is 78.4 Å². The first kappa shape index (κ1) is 23.9. The van der Waals surface area contributed by atoms with E-state index in [9.17, 15) is 0 Å². The summed E-state index contributed by atoms with van der Waals surface area (Å²) in [5, 5.41) is 8.75. The minimum absolute atomic E-state index is 0.0232. The first-order valence-electron chi connectivity index (χ1n) is 10.3. The van der Waals surface area contributed by atoms with Crippen molar-refractivity contribution in [3.05, 3.63) is 89.5 Å². The normalized spacial score (nSPS) is 12.9. The molecule has 4 heteroatoms. The van der Waals surface area contributed by atoms with Gasteiger partial charge in [-0.1, -0.05) is 60.7 Å². The van der Waals surface area contributed by atoms with Gasteiger partial charge in [0.2, 0.25) is 0 Å². The molecule has 0 heterocycles. The largest absolute Gasteiger partial charge is 0.491 e. The maximum atomic E-state index is 8.75. The van der Waals surface area contributed by atoms with E-state index in [2.05, 4.69) is 61.5 Å². The maximum Gasteiger partial charge on any atom is 0.119 e. The maximum absolute atomic E-state index is 8.75. The van der Waals surface area contributed by atoms with Crippen LogP contribution in [0.3, 0.4) is 0 Å². The summed E-state index contributed by atoms with van der Waals surface area (Å²) in [7, 11) is 0. The van der Waals surface area contributed by atoms with Gasteiger partial charge in [0.05, 0.1) is 19.8 Å². The third-order valence-corrected chi connectivity index (χ3v) is 4.78. The van der Waals surface area contributed by atoms with Crippen LogP contribution in [0, 0.1) is 0 Å². The molecule has 3 nitrogen and oxygen atoms in total. The summed E-state index contributed by atoms with van der Waals surface area (Å²) >= 11 is 6.20. The number of aliphatic hydroxyl groups is 1. The first-order chi connectivity index (χ1) is 14.7. The predicted octanol–water partition coefficient (Wildman–Crippen LogP) is 6.14. The van der Waals surface area contributed by atoms with Crippen molar-refractivity contribution >= 4 is 22.7 Å². The summed E-state index contributed by atoms with van der Waals surface area (Å²) in [6, 6.07) is 18.5. The van der Waals surface area contributed by atoms with Crippen LogP contribution in [0.25, 0.3) is 11.1 Å². The average molecular weight is 427 g/mol. The number of ether oxygens (including phenoxy) is 2. The summed E-state index contributed by atoms with van der Waals surface area (Å²) in [4.78, 5) is 0. The van der Waals surface area contributed by atoms with Gasteiger partial charge in [-0.3, -0.25) is 0 Å². The molecule has 30 heavy (non-hydrogen) atoms. The van der Waals surface area contributed by atoms with Crippen LogP contribution in [0.2, 0.25) is 0 Å². The van der Waals surface area contributed by atoms with E-state index < -0.39 is 0 Å². The Kier molecular flexibility index (Phi) is 11.0. The van der Waals surface area contributed by atoms with Crippen molar-refractivity contribution < 1.29 is 14.6 Å². The van der Waals surface area contributed by atoms with Gasteiger partial charge in [0, 0.05) is 5.88 Å². The van der Waals surface area contributed by atoms with E-state index in [1.165, 1.54) is 16.7 Å². The fourth-order valence-corrected chi connectivity index (χ4v) is 3.46. The lowest BCUT2D eigenvalue weighted by Gasteiger charge is -2.18. The molecule has 0 bridgehead atoms. The van der Waals surface area contributed by atoms with Crippen molar-refractivity contribution in [2.24, 2.45) is 0 Å². The Morgan fingerprint density at radius 3 is 2.27 bits per heavy atom. The fraction of sp³-hybridized carbons (Fsp3) is 0.308. The lowest BCUT2D eigenvalue weighted by molar-refractivity contribution is 0.0705. The molecule has 0 aliphatic rings. The highest BCUT2D eigenvalue weighted by atomic mass is 35.5. The SMILES string of the molecule is C\C=C/C(=C\C)C(=C(\CCCl)c1ccccc1)/c1ccc(OCCOCCO)cc1. The number of hydrogen-bond donors (Lipinski definition) is 1. The van der Waals surface area contributed by atoms with Crippen molar-refractivity contribution in [1.82, 2.24) is 0 Å². The molecule has 0 spiro atoms. The number of benzene rings is 2. The Morgan fingerprint density at radius 1 is 0.933 bits per heavy atom. The van der Waals surface area contributed by atoms with Gasteiger partial charge in [-0.05, 0) is 60.2 Å². The molecule has 2 aromatic rings. The van der Waals surface area contributed by atoms with Crippen LogP contribution in [-0.2, 0) is 4.74 Å². The average Bonchev–Trinajstić information content (AvgIpc) is 2.79. The van der Waals surface area contributed by atoms with E-state index in [0.717, 1.165) is 23.3 Å². The van der Waals surface area contributed by atoms with Crippen molar-refractivity contribution in [1.29, 1.82) is 0 Å². The van der Waals surface area contributed by atoms with Crippen LogP contribution in [-0.4, -0.2) is 37.4 Å². The molecule has 0 aromatic heterocycles. The van der Waals surface area contributed by atoms with Crippen molar-refractivity contribution in [2.75, 3.05) is 32.3 Å². The molecule has 0 aliphatic heterocycles. The highest BCUT2D eigenvalue weighted by Gasteiger charge is 2.14. The number of rotatable bonds is 12. The number of alkyl halides is 1. The van der Waals surface area contributed by atoms with Crippen LogP contribution in [0.1, 0.15) is 31.4 Å². The smallest absolute Gasteiger partial charge is 0.119 e. The number of halogens is 1. The van der Waals surface area contributed by atoms with Gasteiger partial charge in [-0.15, -0.1) is 11.6 Å². The Morgan fingerprint density at radius 2 is 1.67 bits per heavy atom. The monoisotopic (exact) mass is 426 g/mol. The van der Waals surface area contributed by atoms with Gasteiger partial charge < -0.3 is 14.6 Å². The number of allylic oxidation sites excluding steroid dienone is 6. The molecule has 0 amide bonds. The summed E-state index contributed by atoms with van der Waals surface area (Å²) in [5.74, 6) is 1.34. The van der Waals surface area contributed by atoms with E-state index >= 15 is 0 Å². The minimum atomic E-state index is 0.0232. The number of aliphatic hydroxyl groups excluding tert-OH is 1. The zero-order valence-electron chi connectivity index (χ0n) is 17.8. The summed E-state index contributed by atoms with van der Waals surface area (Å²) in [6.45, 7) is 5.34. The van der Waals surface area contributed by atoms with Gasteiger partial charge in [0.1, 0.15) is 12.4 Å². The standard InChI is InChI=1S/C26H31ClO3/c1-3-8-21(4-2)26(25(15-16-27)22-9-6-5-7-10-22)23-11-13-24(14-12-23)30-20-19-29-18-17-28/h3-14,28H,15-20H2,1-2H3/b8-3-,21-4+,26-25-. The van der Waals surface area contributed by atoms with Crippen LogP contribution < -0.4 is 4.74 Å². The molecule has 2 aromatic carbocycles. The third-order valence-electron chi connectivity index (χ3n) is 4.59. The highest BCUT2D eigenvalue weighted by Crippen LogP contribution is 2.36. The predicted molar refractivity (Wildman–Crippen MR) is 127 cm³/mol. The van der Waals surface area contributed by atoms with Crippen molar-refractivity contribution in [2.45, 2.75) is 20.3 Å². The molecule has 0 saturated carbocycles. The van der Waals surface area contributed by atoms with Gasteiger partial charge in [0.15, 0.2) is 0 Å². The van der Waals surface area contributed by atoms with E-state index in [0.29, 0.717) is 25.7 Å². The van der Waals surface area contributed by atoms with Crippen LogP contribution >= 0.6 is 11.6 Å². The second kappa shape index (κ2) is 13.8. The molecular weight excluding hydrogens is 396 g/mol. The van der Waals surface area contributed by atoms with E-state index in [1.54, 1.807) is 0 Å². The molecule has 1 N–H and O–H groups in total. The zero-order chi connectivity index (χ0) is 21.6. The van der Waals surface area contributed by atoms with Gasteiger partial charge in [-0.2, -0.15) is 0 Å².